The molecule has 1 unspecified atom stereocenters. The van der Waals surface area contributed by atoms with Gasteiger partial charge in [-0.25, -0.2) is 17.6 Å². The van der Waals surface area contributed by atoms with Gasteiger partial charge in [0.05, 0.1) is 26.2 Å². The van der Waals surface area contributed by atoms with Crippen LogP contribution in [0.15, 0.2) is 36.4 Å². The minimum Gasteiger partial charge on any atom is -1.00 e. The molecule has 158 valence electrons. The third kappa shape index (κ3) is 4.24. The largest absolute Gasteiger partial charge is 1.00 e. The van der Waals surface area contributed by atoms with E-state index in [4.69, 9.17) is 0 Å². The van der Waals surface area contributed by atoms with Gasteiger partial charge >= 0.3 is 0 Å². The molecule has 3 atom stereocenters. The molecule has 0 aliphatic carbocycles. The number of hydrogen-bond donors (Lipinski definition) is 0. The van der Waals surface area contributed by atoms with E-state index in [-0.39, 0.29) is 22.9 Å². The highest BCUT2D eigenvalue weighted by Crippen LogP contribution is 2.46. The van der Waals surface area contributed by atoms with Crippen molar-refractivity contribution in [2.45, 2.75) is 50.1 Å². The van der Waals surface area contributed by atoms with Gasteiger partial charge in [0.15, 0.2) is 23.3 Å². The van der Waals surface area contributed by atoms with Crippen LogP contribution >= 0.6 is 0 Å². The molecule has 0 radical (unpaired) electrons. The second-order valence-corrected chi connectivity index (χ2v) is 8.99. The number of fused-ring (bicyclic) bond motifs is 2. The lowest BCUT2D eigenvalue weighted by Crippen LogP contribution is -3.00. The number of hydrogen-bond acceptors (Lipinski definition) is 0. The molecule has 2 aromatic rings. The molecule has 0 aromatic heterocycles. The fourth-order valence-electron chi connectivity index (χ4n) is 5.44. The van der Waals surface area contributed by atoms with Crippen LogP contribution in [0.4, 0.5) is 17.6 Å². The third-order valence-corrected chi connectivity index (χ3v) is 7.19. The SMILES string of the molecule is C[N+]1(C)[C@@H]2CC[C@H]1CC(CC(c1ccc(F)c(F)c1)c1ccc(F)c(F)c1)C2.[Br-]. The second-order valence-electron chi connectivity index (χ2n) is 8.99. The first-order chi connectivity index (χ1) is 13.3. The summed E-state index contributed by atoms with van der Waals surface area (Å²) in [5, 5.41) is 0. The Morgan fingerprint density at radius 1 is 0.793 bits per heavy atom. The molecule has 0 spiro atoms. The van der Waals surface area contributed by atoms with E-state index in [1.165, 1.54) is 25.0 Å². The van der Waals surface area contributed by atoms with Crippen molar-refractivity contribution in [2.24, 2.45) is 5.92 Å². The van der Waals surface area contributed by atoms with Crippen molar-refractivity contribution >= 4 is 0 Å². The molecule has 6 heteroatoms. The zero-order chi connectivity index (χ0) is 20.1. The Hall–Kier alpha value is -1.40. The van der Waals surface area contributed by atoms with Crippen molar-refractivity contribution in [3.05, 3.63) is 70.8 Å². The quantitative estimate of drug-likeness (QED) is 0.475. The van der Waals surface area contributed by atoms with Crippen LogP contribution in [-0.4, -0.2) is 30.7 Å². The van der Waals surface area contributed by atoms with Crippen molar-refractivity contribution in [1.29, 1.82) is 0 Å². The number of nitrogens with zero attached hydrogens (tertiary/aromatic N) is 1. The maximum absolute atomic E-state index is 13.9. The van der Waals surface area contributed by atoms with E-state index in [1.54, 1.807) is 12.1 Å². The predicted molar refractivity (Wildman–Crippen MR) is 101 cm³/mol. The van der Waals surface area contributed by atoms with E-state index >= 15 is 0 Å². The standard InChI is InChI=1S/C23H26F4N.BrH/c1-28(2)17-5-6-18(28)10-14(9-17)11-19(15-3-7-20(24)22(26)12-15)16-4-8-21(25)23(27)13-16;/h3-4,7-8,12-14,17-19H,5-6,9-11H2,1-2H3;1H/q+1;/p-1/t14?,17-,18+;. The van der Waals surface area contributed by atoms with E-state index in [0.717, 1.165) is 35.9 Å². The first-order valence-corrected chi connectivity index (χ1v) is 9.99. The smallest absolute Gasteiger partial charge is 0.159 e. The number of benzene rings is 2. The van der Waals surface area contributed by atoms with Gasteiger partial charge in [-0.1, -0.05) is 12.1 Å². The highest BCUT2D eigenvalue weighted by molar-refractivity contribution is 5.34. The van der Waals surface area contributed by atoms with Crippen LogP contribution in [-0.2, 0) is 0 Å². The van der Waals surface area contributed by atoms with E-state index in [1.807, 2.05) is 0 Å². The van der Waals surface area contributed by atoms with Crippen molar-refractivity contribution in [2.75, 3.05) is 14.1 Å². The fourth-order valence-corrected chi connectivity index (χ4v) is 5.44. The maximum atomic E-state index is 13.9. The van der Waals surface area contributed by atoms with Gasteiger partial charge in [-0.05, 0) is 47.7 Å². The van der Waals surface area contributed by atoms with Gasteiger partial charge in [0.2, 0.25) is 0 Å². The summed E-state index contributed by atoms with van der Waals surface area (Å²) in [6, 6.07) is 8.95. The second kappa shape index (κ2) is 8.38. The summed E-state index contributed by atoms with van der Waals surface area (Å²) in [6.45, 7) is 0. The Kier molecular flexibility index (Phi) is 6.44. The van der Waals surface area contributed by atoms with Crippen LogP contribution in [0.25, 0.3) is 0 Å². The summed E-state index contributed by atoms with van der Waals surface area (Å²) in [4.78, 5) is 0. The van der Waals surface area contributed by atoms with Crippen molar-refractivity contribution in [3.8, 4) is 0 Å². The first-order valence-electron chi connectivity index (χ1n) is 9.99. The molecule has 2 aliphatic heterocycles. The summed E-state index contributed by atoms with van der Waals surface area (Å²) < 4.78 is 55.8. The lowest BCUT2D eigenvalue weighted by Gasteiger charge is -2.45. The highest BCUT2D eigenvalue weighted by Gasteiger charge is 2.49. The van der Waals surface area contributed by atoms with Crippen LogP contribution in [0.2, 0.25) is 0 Å². The van der Waals surface area contributed by atoms with E-state index < -0.39 is 23.3 Å². The minimum atomic E-state index is -0.911. The molecule has 2 heterocycles. The first kappa shape index (κ1) is 22.3. The van der Waals surface area contributed by atoms with Gasteiger partial charge in [0.1, 0.15) is 0 Å². The van der Waals surface area contributed by atoms with Gasteiger partial charge in [-0.2, -0.15) is 0 Å². The third-order valence-electron chi connectivity index (χ3n) is 7.19. The number of halogens is 5. The Morgan fingerprint density at radius 2 is 1.24 bits per heavy atom. The molecule has 0 N–H and O–H groups in total. The Labute approximate surface area is 180 Å². The number of rotatable bonds is 4. The Bertz CT molecular complexity index is 818. The van der Waals surface area contributed by atoms with Crippen LogP contribution < -0.4 is 17.0 Å². The van der Waals surface area contributed by atoms with Crippen molar-refractivity contribution in [1.82, 2.24) is 0 Å². The molecule has 0 saturated carbocycles. The van der Waals surface area contributed by atoms with Crippen LogP contribution in [0.5, 0.6) is 0 Å². The maximum Gasteiger partial charge on any atom is 0.159 e. The normalized spacial score (nSPS) is 25.1. The van der Waals surface area contributed by atoms with Crippen LogP contribution in [0.1, 0.15) is 49.1 Å². The van der Waals surface area contributed by atoms with Crippen LogP contribution in [0.3, 0.4) is 0 Å². The molecular formula is C23H26BrF4N. The van der Waals surface area contributed by atoms with Gasteiger partial charge in [0.25, 0.3) is 0 Å². The lowest BCUT2D eigenvalue weighted by molar-refractivity contribution is -0.931. The highest BCUT2D eigenvalue weighted by atomic mass is 79.9. The molecule has 2 aliphatic rings. The summed E-state index contributed by atoms with van der Waals surface area (Å²) >= 11 is 0. The molecule has 1 nitrogen and oxygen atoms in total. The predicted octanol–water partition coefficient (Wildman–Crippen LogP) is 2.79. The summed E-state index contributed by atoms with van der Waals surface area (Å²) in [5.74, 6) is -3.48. The van der Waals surface area contributed by atoms with Gasteiger partial charge < -0.3 is 21.5 Å². The van der Waals surface area contributed by atoms with Gasteiger partial charge in [-0.15, -0.1) is 0 Å². The molecule has 4 rings (SSSR count). The summed E-state index contributed by atoms with van der Waals surface area (Å²) in [5.41, 5.74) is 1.22. The van der Waals surface area contributed by atoms with E-state index in [0.29, 0.717) is 29.1 Å². The zero-order valence-electron chi connectivity index (χ0n) is 16.6. The molecule has 0 amide bonds. The molecular weight excluding hydrogens is 446 g/mol. The fraction of sp³-hybridized carbons (Fsp3) is 0.478. The van der Waals surface area contributed by atoms with Gasteiger partial charge in [-0.3, -0.25) is 0 Å². The minimum absolute atomic E-state index is 0. The molecule has 2 fully saturated rings. The monoisotopic (exact) mass is 471 g/mol. The molecule has 2 saturated heterocycles. The average Bonchev–Trinajstić information content (AvgIpc) is 2.82. The Morgan fingerprint density at radius 3 is 1.66 bits per heavy atom. The number of quaternary nitrogens is 1. The van der Waals surface area contributed by atoms with Crippen molar-refractivity contribution < 1.29 is 39.0 Å². The van der Waals surface area contributed by atoms with Gasteiger partial charge in [0, 0.05) is 31.6 Å². The Balaban J connectivity index is 0.00000240. The lowest BCUT2D eigenvalue weighted by atomic mass is 9.78. The van der Waals surface area contributed by atoms with E-state index in [2.05, 4.69) is 14.1 Å². The topological polar surface area (TPSA) is 0 Å². The average molecular weight is 472 g/mol. The molecule has 2 aromatic carbocycles. The summed E-state index contributed by atoms with van der Waals surface area (Å²) in [7, 11) is 4.58. The number of piperidine rings is 1. The van der Waals surface area contributed by atoms with Crippen molar-refractivity contribution in [3.63, 3.8) is 0 Å². The van der Waals surface area contributed by atoms with Crippen LogP contribution in [0, 0.1) is 29.2 Å². The zero-order valence-corrected chi connectivity index (χ0v) is 18.2. The molecule has 29 heavy (non-hydrogen) atoms. The molecule has 2 bridgehead atoms. The van der Waals surface area contributed by atoms with E-state index in [9.17, 15) is 17.6 Å². The summed E-state index contributed by atoms with van der Waals surface area (Å²) in [6.07, 6.45) is 5.31.